The number of sulfone groups is 1. The smallest absolute Gasteiger partial charge is 0.391 e. The van der Waals surface area contributed by atoms with Crippen LogP contribution < -0.4 is 0 Å². The molecule has 0 aromatic rings. The number of aliphatic hydroxyl groups is 1. The molecule has 1 aliphatic carbocycles. The van der Waals surface area contributed by atoms with Gasteiger partial charge in [-0.3, -0.25) is 0 Å². The highest BCUT2D eigenvalue weighted by molar-refractivity contribution is 7.90. The van der Waals surface area contributed by atoms with Gasteiger partial charge in [-0.2, -0.15) is 13.2 Å². The maximum absolute atomic E-state index is 12.4. The summed E-state index contributed by atoms with van der Waals surface area (Å²) in [6.07, 6.45) is -3.07. The van der Waals surface area contributed by atoms with E-state index in [9.17, 15) is 26.7 Å². The van der Waals surface area contributed by atoms with Crippen molar-refractivity contribution >= 4 is 9.84 Å². The van der Waals surface area contributed by atoms with E-state index in [-0.39, 0.29) is 30.9 Å². The van der Waals surface area contributed by atoms with Crippen molar-refractivity contribution in [2.75, 3.05) is 12.0 Å². The fourth-order valence-electron chi connectivity index (χ4n) is 2.40. The molecular weight excluding hydrogens is 269 g/mol. The van der Waals surface area contributed by atoms with Gasteiger partial charge in [0.05, 0.1) is 17.8 Å². The van der Waals surface area contributed by atoms with E-state index in [1.807, 2.05) is 0 Å². The Morgan fingerprint density at radius 3 is 2.11 bits per heavy atom. The molecule has 0 radical (unpaired) electrons. The van der Waals surface area contributed by atoms with Crippen molar-refractivity contribution in [1.29, 1.82) is 0 Å². The molecule has 1 fully saturated rings. The zero-order valence-electron chi connectivity index (χ0n) is 10.3. The van der Waals surface area contributed by atoms with Crippen LogP contribution in [0.5, 0.6) is 0 Å². The van der Waals surface area contributed by atoms with Crippen LogP contribution in [0, 0.1) is 11.8 Å². The van der Waals surface area contributed by atoms with E-state index >= 15 is 0 Å². The minimum Gasteiger partial charge on any atom is -0.393 e. The molecule has 1 atom stereocenters. The van der Waals surface area contributed by atoms with Gasteiger partial charge in [0.15, 0.2) is 0 Å². The average molecular weight is 288 g/mol. The Hall–Kier alpha value is -0.300. The molecule has 1 saturated carbocycles. The highest BCUT2D eigenvalue weighted by Gasteiger charge is 2.42. The molecule has 0 amide bonds. The lowest BCUT2D eigenvalue weighted by molar-refractivity contribution is -0.185. The van der Waals surface area contributed by atoms with Crippen molar-refractivity contribution in [2.24, 2.45) is 11.8 Å². The van der Waals surface area contributed by atoms with Crippen molar-refractivity contribution in [1.82, 2.24) is 0 Å². The molecule has 0 aromatic heterocycles. The van der Waals surface area contributed by atoms with Crippen LogP contribution in [-0.4, -0.2) is 37.8 Å². The zero-order chi connectivity index (χ0) is 14.0. The Bertz CT molecular complexity index is 356. The van der Waals surface area contributed by atoms with Gasteiger partial charge in [0, 0.05) is 6.26 Å². The Morgan fingerprint density at radius 1 is 1.22 bits per heavy atom. The standard InChI is InChI=1S/C11H19F3O3S/c1-18(16,17)7-6-10(15)8-2-4-9(5-3-8)11(12,13)14/h8-10,15H,2-7H2,1H3. The molecule has 18 heavy (non-hydrogen) atoms. The maximum atomic E-state index is 12.4. The number of hydrogen-bond acceptors (Lipinski definition) is 3. The van der Waals surface area contributed by atoms with Crippen molar-refractivity contribution in [3.05, 3.63) is 0 Å². The fourth-order valence-corrected chi connectivity index (χ4v) is 3.07. The first kappa shape index (κ1) is 15.8. The maximum Gasteiger partial charge on any atom is 0.391 e. The summed E-state index contributed by atoms with van der Waals surface area (Å²) in [4.78, 5) is 0. The second kappa shape index (κ2) is 5.77. The first-order chi connectivity index (χ1) is 8.09. The third kappa shape index (κ3) is 5.14. The number of aliphatic hydroxyl groups excluding tert-OH is 1. The lowest BCUT2D eigenvalue weighted by Gasteiger charge is -2.32. The molecule has 1 N–H and O–H groups in total. The van der Waals surface area contributed by atoms with Crippen LogP contribution in [0.2, 0.25) is 0 Å². The molecule has 0 aliphatic heterocycles. The van der Waals surface area contributed by atoms with Crippen LogP contribution in [0.3, 0.4) is 0 Å². The Morgan fingerprint density at radius 2 is 1.72 bits per heavy atom. The molecule has 7 heteroatoms. The first-order valence-corrected chi connectivity index (χ1v) is 8.08. The summed E-state index contributed by atoms with van der Waals surface area (Å²) < 4.78 is 59.2. The molecule has 0 heterocycles. The second-order valence-electron chi connectivity index (χ2n) is 5.14. The van der Waals surface area contributed by atoms with Crippen LogP contribution in [-0.2, 0) is 9.84 Å². The topological polar surface area (TPSA) is 54.4 Å². The lowest BCUT2D eigenvalue weighted by Crippen LogP contribution is -2.32. The normalized spacial score (nSPS) is 28.1. The van der Waals surface area contributed by atoms with E-state index in [0.29, 0.717) is 12.8 Å². The summed E-state index contributed by atoms with van der Waals surface area (Å²) in [5.41, 5.74) is 0. The number of alkyl halides is 3. The molecule has 1 aliphatic rings. The third-order valence-electron chi connectivity index (χ3n) is 3.56. The van der Waals surface area contributed by atoms with Crippen molar-refractivity contribution in [3.63, 3.8) is 0 Å². The number of rotatable bonds is 4. The van der Waals surface area contributed by atoms with Gasteiger partial charge in [-0.1, -0.05) is 0 Å². The molecule has 1 rings (SSSR count). The van der Waals surface area contributed by atoms with E-state index in [2.05, 4.69) is 0 Å². The minimum atomic E-state index is -4.15. The van der Waals surface area contributed by atoms with Crippen LogP contribution in [0.1, 0.15) is 32.1 Å². The molecule has 108 valence electrons. The third-order valence-corrected chi connectivity index (χ3v) is 4.54. The monoisotopic (exact) mass is 288 g/mol. The highest BCUT2D eigenvalue weighted by atomic mass is 32.2. The predicted molar refractivity (Wildman–Crippen MR) is 61.8 cm³/mol. The van der Waals surface area contributed by atoms with Crippen molar-refractivity contribution < 1.29 is 26.7 Å². The lowest BCUT2D eigenvalue weighted by atomic mass is 9.78. The molecule has 3 nitrogen and oxygen atoms in total. The van der Waals surface area contributed by atoms with Crippen LogP contribution in [0.15, 0.2) is 0 Å². The van der Waals surface area contributed by atoms with Gasteiger partial charge >= 0.3 is 6.18 Å². The molecule has 0 saturated heterocycles. The summed E-state index contributed by atoms with van der Waals surface area (Å²) in [6, 6.07) is 0. The SMILES string of the molecule is CS(=O)(=O)CCC(O)C1CCC(C(F)(F)F)CC1. The van der Waals surface area contributed by atoms with Gasteiger partial charge in [-0.25, -0.2) is 8.42 Å². The zero-order valence-corrected chi connectivity index (χ0v) is 11.1. The Labute approximate surface area is 105 Å². The van der Waals surface area contributed by atoms with Gasteiger partial charge in [0.1, 0.15) is 9.84 Å². The van der Waals surface area contributed by atoms with E-state index in [4.69, 9.17) is 0 Å². The summed E-state index contributed by atoms with van der Waals surface area (Å²) >= 11 is 0. The Balaban J connectivity index is 2.39. The fraction of sp³-hybridized carbons (Fsp3) is 1.00. The molecular formula is C11H19F3O3S. The highest BCUT2D eigenvalue weighted by Crippen LogP contribution is 2.40. The number of halogens is 3. The molecule has 0 spiro atoms. The van der Waals surface area contributed by atoms with E-state index in [1.165, 1.54) is 0 Å². The summed E-state index contributed by atoms with van der Waals surface area (Å²) in [6.45, 7) is 0. The second-order valence-corrected chi connectivity index (χ2v) is 7.40. The van der Waals surface area contributed by atoms with E-state index in [1.54, 1.807) is 0 Å². The quantitative estimate of drug-likeness (QED) is 0.862. The number of hydrogen-bond donors (Lipinski definition) is 1. The van der Waals surface area contributed by atoms with Crippen molar-refractivity contribution in [3.8, 4) is 0 Å². The van der Waals surface area contributed by atoms with Gasteiger partial charge < -0.3 is 5.11 Å². The van der Waals surface area contributed by atoms with Crippen molar-refractivity contribution in [2.45, 2.75) is 44.4 Å². The van der Waals surface area contributed by atoms with Gasteiger partial charge in [-0.15, -0.1) is 0 Å². The average Bonchev–Trinajstić information content (AvgIpc) is 2.24. The van der Waals surface area contributed by atoms with Crippen LogP contribution in [0.4, 0.5) is 13.2 Å². The summed E-state index contributed by atoms with van der Waals surface area (Å²) in [7, 11) is -3.13. The molecule has 0 aromatic carbocycles. The Kier molecular flexibility index (Phi) is 5.05. The van der Waals surface area contributed by atoms with E-state index in [0.717, 1.165) is 6.26 Å². The first-order valence-electron chi connectivity index (χ1n) is 6.02. The van der Waals surface area contributed by atoms with Gasteiger partial charge in [-0.05, 0) is 38.0 Å². The molecule has 0 bridgehead atoms. The van der Waals surface area contributed by atoms with Crippen LogP contribution >= 0.6 is 0 Å². The van der Waals surface area contributed by atoms with Crippen LogP contribution in [0.25, 0.3) is 0 Å². The molecule has 1 unspecified atom stereocenters. The van der Waals surface area contributed by atoms with Gasteiger partial charge in [0.25, 0.3) is 0 Å². The predicted octanol–water partition coefficient (Wildman–Crippen LogP) is 2.15. The summed E-state index contributed by atoms with van der Waals surface area (Å²) in [5, 5.41) is 9.78. The minimum absolute atomic E-state index is 0.0318. The van der Waals surface area contributed by atoms with Gasteiger partial charge in [0.2, 0.25) is 0 Å². The summed E-state index contributed by atoms with van der Waals surface area (Å²) in [5.74, 6) is -1.59. The van der Waals surface area contributed by atoms with E-state index < -0.39 is 28.0 Å². The largest absolute Gasteiger partial charge is 0.393 e.